The van der Waals surface area contributed by atoms with E-state index in [1.54, 1.807) is 0 Å². The first-order valence-electron chi connectivity index (χ1n) is 2.83. The first-order valence-corrected chi connectivity index (χ1v) is 2.83. The SMILES string of the molecule is N/N=C(/CC(N)C(=O)O)NN. The zero-order chi connectivity index (χ0) is 8.85. The lowest BCUT2D eigenvalue weighted by atomic mass is 10.2. The van der Waals surface area contributed by atoms with E-state index in [1.807, 2.05) is 0 Å². The number of carbonyl (C=O) groups is 1. The van der Waals surface area contributed by atoms with Gasteiger partial charge in [-0.05, 0) is 0 Å². The number of hydrogen-bond donors (Lipinski definition) is 5. The van der Waals surface area contributed by atoms with Gasteiger partial charge in [-0.25, -0.2) is 5.84 Å². The zero-order valence-corrected chi connectivity index (χ0v) is 5.82. The van der Waals surface area contributed by atoms with Gasteiger partial charge in [-0.15, -0.1) is 0 Å². The maximum absolute atomic E-state index is 10.2. The van der Waals surface area contributed by atoms with Crippen molar-refractivity contribution in [3.8, 4) is 0 Å². The molecule has 1 atom stereocenters. The quantitative estimate of drug-likeness (QED) is 0.134. The first kappa shape index (κ1) is 9.66. The number of rotatable bonds is 3. The van der Waals surface area contributed by atoms with Crippen molar-refractivity contribution in [1.82, 2.24) is 5.43 Å². The summed E-state index contributed by atoms with van der Waals surface area (Å²) in [6, 6.07) is -1.03. The number of aliphatic carboxylic acids is 1. The lowest BCUT2D eigenvalue weighted by molar-refractivity contribution is -0.138. The zero-order valence-electron chi connectivity index (χ0n) is 5.82. The molecular weight excluding hydrogens is 150 g/mol. The topological polar surface area (TPSA) is 140 Å². The second-order valence-electron chi connectivity index (χ2n) is 1.87. The van der Waals surface area contributed by atoms with Crippen LogP contribution in [0.1, 0.15) is 6.42 Å². The van der Waals surface area contributed by atoms with E-state index in [4.69, 9.17) is 22.5 Å². The fourth-order valence-electron chi connectivity index (χ4n) is 0.445. The molecule has 0 aromatic heterocycles. The van der Waals surface area contributed by atoms with Gasteiger partial charge in [-0.1, -0.05) is 0 Å². The van der Waals surface area contributed by atoms with Gasteiger partial charge in [0.1, 0.15) is 11.9 Å². The van der Waals surface area contributed by atoms with Gasteiger partial charge in [-0.2, -0.15) is 5.10 Å². The lowest BCUT2D eigenvalue weighted by Gasteiger charge is -2.06. The molecule has 7 nitrogen and oxygen atoms in total. The number of carboxylic acid groups (broad SMARTS) is 1. The van der Waals surface area contributed by atoms with E-state index in [-0.39, 0.29) is 12.3 Å². The summed E-state index contributed by atoms with van der Waals surface area (Å²) in [5, 5.41) is 11.5. The predicted octanol–water partition coefficient (Wildman–Crippen LogP) is -2.48. The van der Waals surface area contributed by atoms with Crippen molar-refractivity contribution >= 4 is 11.8 Å². The third-order valence-electron chi connectivity index (χ3n) is 1.05. The van der Waals surface area contributed by atoms with Crippen LogP contribution >= 0.6 is 0 Å². The van der Waals surface area contributed by atoms with Gasteiger partial charge < -0.3 is 22.1 Å². The molecule has 0 bridgehead atoms. The molecular formula is C4H11N5O2. The molecule has 0 amide bonds. The number of hydrazone groups is 1. The Kier molecular flexibility index (Phi) is 3.93. The average Bonchev–Trinajstić information content (AvgIpc) is 1.99. The number of hydrogen-bond acceptors (Lipinski definition) is 5. The third-order valence-corrected chi connectivity index (χ3v) is 1.05. The highest BCUT2D eigenvalue weighted by atomic mass is 16.4. The van der Waals surface area contributed by atoms with Crippen LogP contribution in [0.5, 0.6) is 0 Å². The minimum atomic E-state index is -1.12. The van der Waals surface area contributed by atoms with Crippen molar-refractivity contribution in [3.63, 3.8) is 0 Å². The van der Waals surface area contributed by atoms with Crippen molar-refractivity contribution in [1.29, 1.82) is 0 Å². The van der Waals surface area contributed by atoms with E-state index >= 15 is 0 Å². The maximum Gasteiger partial charge on any atom is 0.320 e. The summed E-state index contributed by atoms with van der Waals surface area (Å²) < 4.78 is 0. The molecule has 0 fully saturated rings. The number of nitrogens with one attached hydrogen (secondary N) is 1. The Bertz CT molecular complexity index is 168. The molecule has 0 spiro atoms. The van der Waals surface area contributed by atoms with Gasteiger partial charge in [-0.3, -0.25) is 4.79 Å². The van der Waals surface area contributed by atoms with Gasteiger partial charge in [0.05, 0.1) is 0 Å². The van der Waals surface area contributed by atoms with Crippen molar-refractivity contribution < 1.29 is 9.90 Å². The Morgan fingerprint density at radius 1 is 1.73 bits per heavy atom. The van der Waals surface area contributed by atoms with E-state index in [1.165, 1.54) is 0 Å². The van der Waals surface area contributed by atoms with Gasteiger partial charge in [0, 0.05) is 6.42 Å². The Labute approximate surface area is 63.2 Å². The van der Waals surface area contributed by atoms with Crippen LogP contribution in [0.3, 0.4) is 0 Å². The Morgan fingerprint density at radius 3 is 2.55 bits per heavy atom. The van der Waals surface area contributed by atoms with Crippen molar-refractivity contribution in [2.75, 3.05) is 0 Å². The fourth-order valence-corrected chi connectivity index (χ4v) is 0.445. The number of amidine groups is 1. The minimum absolute atomic E-state index is 0.0116. The highest BCUT2D eigenvalue weighted by Crippen LogP contribution is 1.87. The summed E-state index contributed by atoms with van der Waals surface area (Å²) in [5.41, 5.74) is 7.26. The molecule has 0 aliphatic carbocycles. The molecule has 11 heavy (non-hydrogen) atoms. The summed E-state index contributed by atoms with van der Waals surface area (Å²) in [5.74, 6) is 8.78. The number of nitrogens with zero attached hydrogens (tertiary/aromatic N) is 1. The average molecular weight is 161 g/mol. The second-order valence-corrected chi connectivity index (χ2v) is 1.87. The molecule has 0 aliphatic heterocycles. The van der Waals surface area contributed by atoms with Crippen LogP contribution in [-0.4, -0.2) is 23.0 Å². The first-order chi connectivity index (χ1) is 5.11. The smallest absolute Gasteiger partial charge is 0.320 e. The molecule has 0 saturated carbocycles. The van der Waals surface area contributed by atoms with Crippen molar-refractivity contribution in [3.05, 3.63) is 0 Å². The maximum atomic E-state index is 10.2. The summed E-state index contributed by atoms with van der Waals surface area (Å²) >= 11 is 0. The molecule has 0 rings (SSSR count). The molecule has 0 saturated heterocycles. The number of carboxylic acids is 1. The van der Waals surface area contributed by atoms with Crippen LogP contribution in [0.25, 0.3) is 0 Å². The highest BCUT2D eigenvalue weighted by Gasteiger charge is 2.13. The monoisotopic (exact) mass is 161 g/mol. The lowest BCUT2D eigenvalue weighted by Crippen LogP contribution is -2.40. The van der Waals surface area contributed by atoms with E-state index in [0.717, 1.165) is 0 Å². The van der Waals surface area contributed by atoms with Crippen molar-refractivity contribution in [2.45, 2.75) is 12.5 Å². The summed E-state index contributed by atoms with van der Waals surface area (Å²) in [4.78, 5) is 10.2. The second kappa shape index (κ2) is 4.47. The Hall–Kier alpha value is -1.34. The van der Waals surface area contributed by atoms with Gasteiger partial charge in [0.25, 0.3) is 0 Å². The van der Waals surface area contributed by atoms with Crippen molar-refractivity contribution in [2.24, 2.45) is 22.5 Å². The molecule has 7 heteroatoms. The van der Waals surface area contributed by atoms with Crippen LogP contribution in [0.4, 0.5) is 0 Å². The van der Waals surface area contributed by atoms with Crippen LogP contribution in [0.15, 0.2) is 5.10 Å². The number of nitrogens with two attached hydrogens (primary N) is 3. The van der Waals surface area contributed by atoms with E-state index in [9.17, 15) is 4.79 Å². The number of hydrazine groups is 1. The van der Waals surface area contributed by atoms with Gasteiger partial charge in [0.2, 0.25) is 0 Å². The molecule has 0 heterocycles. The van der Waals surface area contributed by atoms with E-state index < -0.39 is 12.0 Å². The van der Waals surface area contributed by atoms with Gasteiger partial charge in [0.15, 0.2) is 0 Å². The molecule has 1 unspecified atom stereocenters. The minimum Gasteiger partial charge on any atom is -0.480 e. The van der Waals surface area contributed by atoms with E-state index in [0.29, 0.717) is 0 Å². The van der Waals surface area contributed by atoms with Crippen LogP contribution in [0.2, 0.25) is 0 Å². The predicted molar refractivity (Wildman–Crippen MR) is 39.2 cm³/mol. The molecule has 0 aromatic carbocycles. The molecule has 0 aliphatic rings. The normalized spacial score (nSPS) is 14.2. The summed E-state index contributed by atoms with van der Waals surface area (Å²) in [6.45, 7) is 0. The highest BCUT2D eigenvalue weighted by molar-refractivity contribution is 5.87. The largest absolute Gasteiger partial charge is 0.480 e. The Balaban J connectivity index is 3.92. The van der Waals surface area contributed by atoms with E-state index in [2.05, 4.69) is 10.5 Å². The standard InChI is InChI=1S/C4H11N5O2/c5-2(4(10)11)1-3(8-6)9-7/h2H,1,5-7H2,(H,8,9)(H,10,11). The fraction of sp³-hybridized carbons (Fsp3) is 0.500. The third kappa shape index (κ3) is 3.38. The van der Waals surface area contributed by atoms with Crippen LogP contribution < -0.4 is 22.8 Å². The molecule has 0 radical (unpaired) electrons. The Morgan fingerprint density at radius 2 is 2.27 bits per heavy atom. The molecule has 64 valence electrons. The van der Waals surface area contributed by atoms with Crippen LogP contribution in [-0.2, 0) is 4.79 Å². The summed E-state index contributed by atoms with van der Waals surface area (Å²) in [7, 11) is 0. The summed E-state index contributed by atoms with van der Waals surface area (Å²) in [6.07, 6.45) is -0.0116. The molecule has 0 aromatic rings. The molecule has 8 N–H and O–H groups in total. The van der Waals surface area contributed by atoms with Gasteiger partial charge >= 0.3 is 5.97 Å². The van der Waals surface area contributed by atoms with Crippen LogP contribution in [0, 0.1) is 0 Å².